The number of carbonyl (C=O) groups excluding carboxylic acids is 3. The Hall–Kier alpha value is -3.64. The minimum atomic E-state index is -3.57. The first-order valence-corrected chi connectivity index (χ1v) is 14.3. The van der Waals surface area contributed by atoms with Crippen molar-refractivity contribution in [2.24, 2.45) is 5.92 Å². The first-order valence-electron chi connectivity index (χ1n) is 11.9. The SMILES string of the molecule is CCCCN1CC(C(=O)Nc2ccc(C(=O)Nc3nnc(CS(=O)(=O)c4ccccc4)s3)cc2)CC1=O. The van der Waals surface area contributed by atoms with E-state index in [0.717, 1.165) is 24.2 Å². The number of hydrogen-bond donors (Lipinski definition) is 2. The number of nitrogens with zero attached hydrogens (tertiary/aromatic N) is 3. The third-order valence-corrected chi connectivity index (χ3v) is 8.55. The summed E-state index contributed by atoms with van der Waals surface area (Å²) in [6.45, 7) is 3.14. The third kappa shape index (κ3) is 6.77. The number of carbonyl (C=O) groups is 3. The van der Waals surface area contributed by atoms with E-state index < -0.39 is 21.7 Å². The van der Waals surface area contributed by atoms with Crippen molar-refractivity contribution in [3.8, 4) is 0 Å². The van der Waals surface area contributed by atoms with Crippen molar-refractivity contribution in [1.82, 2.24) is 15.1 Å². The fourth-order valence-corrected chi connectivity index (χ4v) is 6.22. The summed E-state index contributed by atoms with van der Waals surface area (Å²) in [6, 6.07) is 14.4. The molecule has 194 valence electrons. The highest BCUT2D eigenvalue weighted by Crippen LogP contribution is 2.23. The van der Waals surface area contributed by atoms with Crippen LogP contribution in [-0.4, -0.2) is 54.3 Å². The maximum Gasteiger partial charge on any atom is 0.257 e. The summed E-state index contributed by atoms with van der Waals surface area (Å²) in [6.07, 6.45) is 2.10. The van der Waals surface area contributed by atoms with Crippen LogP contribution in [0.15, 0.2) is 59.5 Å². The van der Waals surface area contributed by atoms with E-state index >= 15 is 0 Å². The van der Waals surface area contributed by atoms with Crippen LogP contribution in [-0.2, 0) is 25.2 Å². The smallest absolute Gasteiger partial charge is 0.257 e. The van der Waals surface area contributed by atoms with E-state index in [1.54, 1.807) is 47.4 Å². The number of nitrogens with one attached hydrogen (secondary N) is 2. The van der Waals surface area contributed by atoms with E-state index in [1.165, 1.54) is 12.1 Å². The molecule has 2 N–H and O–H groups in total. The Morgan fingerprint density at radius 2 is 1.78 bits per heavy atom. The number of amides is 3. The number of sulfone groups is 1. The van der Waals surface area contributed by atoms with Gasteiger partial charge in [0.15, 0.2) is 9.84 Å². The highest BCUT2D eigenvalue weighted by atomic mass is 32.2. The Labute approximate surface area is 219 Å². The molecule has 12 heteroatoms. The van der Waals surface area contributed by atoms with Gasteiger partial charge in [-0.2, -0.15) is 0 Å². The summed E-state index contributed by atoms with van der Waals surface area (Å²) in [5.74, 6) is -1.39. The van der Waals surface area contributed by atoms with Crippen LogP contribution in [0.5, 0.6) is 0 Å². The van der Waals surface area contributed by atoms with E-state index in [4.69, 9.17) is 0 Å². The van der Waals surface area contributed by atoms with Crippen LogP contribution in [0.25, 0.3) is 0 Å². The lowest BCUT2D eigenvalue weighted by atomic mass is 10.1. The number of benzene rings is 2. The van der Waals surface area contributed by atoms with Crippen molar-refractivity contribution in [2.75, 3.05) is 23.7 Å². The zero-order valence-electron chi connectivity index (χ0n) is 20.2. The molecular weight excluding hydrogens is 514 g/mol. The lowest BCUT2D eigenvalue weighted by molar-refractivity contribution is -0.128. The van der Waals surface area contributed by atoms with Crippen molar-refractivity contribution >= 4 is 49.7 Å². The van der Waals surface area contributed by atoms with Gasteiger partial charge < -0.3 is 10.2 Å². The minimum absolute atomic E-state index is 0.00174. The van der Waals surface area contributed by atoms with E-state index in [2.05, 4.69) is 27.8 Å². The topological polar surface area (TPSA) is 138 Å². The molecular formula is C25H27N5O5S2. The molecule has 37 heavy (non-hydrogen) atoms. The summed E-state index contributed by atoms with van der Waals surface area (Å²) < 4.78 is 25.0. The monoisotopic (exact) mass is 541 g/mol. The maximum atomic E-state index is 12.6. The standard InChI is InChI=1S/C25H27N5O5S2/c1-2-3-13-30-15-18(14-22(30)31)24(33)26-19-11-9-17(10-12-19)23(32)27-25-29-28-21(36-25)16-37(34,35)20-7-5-4-6-8-20/h4-12,18H,2-3,13-16H2,1H3,(H,26,33)(H,27,29,32). The summed E-state index contributed by atoms with van der Waals surface area (Å²) in [7, 11) is -3.57. The lowest BCUT2D eigenvalue weighted by Gasteiger charge is -2.16. The van der Waals surface area contributed by atoms with Crippen molar-refractivity contribution in [3.63, 3.8) is 0 Å². The van der Waals surface area contributed by atoms with Gasteiger partial charge in [0.05, 0.1) is 10.8 Å². The van der Waals surface area contributed by atoms with Gasteiger partial charge in [-0.25, -0.2) is 8.42 Å². The van der Waals surface area contributed by atoms with Gasteiger partial charge in [0, 0.05) is 30.8 Å². The van der Waals surface area contributed by atoms with Gasteiger partial charge in [-0.15, -0.1) is 10.2 Å². The predicted molar refractivity (Wildman–Crippen MR) is 140 cm³/mol. The van der Waals surface area contributed by atoms with Gasteiger partial charge in [-0.1, -0.05) is 42.9 Å². The molecule has 1 aromatic heterocycles. The minimum Gasteiger partial charge on any atom is -0.342 e. The van der Waals surface area contributed by atoms with Gasteiger partial charge in [0.2, 0.25) is 16.9 Å². The average Bonchev–Trinajstić information content (AvgIpc) is 3.48. The summed E-state index contributed by atoms with van der Waals surface area (Å²) in [5, 5.41) is 13.6. The Bertz CT molecular complexity index is 1370. The van der Waals surface area contributed by atoms with Gasteiger partial charge >= 0.3 is 0 Å². The van der Waals surface area contributed by atoms with Gasteiger partial charge in [-0.3, -0.25) is 19.7 Å². The van der Waals surface area contributed by atoms with Crippen molar-refractivity contribution in [2.45, 2.75) is 36.8 Å². The molecule has 0 radical (unpaired) electrons. The Morgan fingerprint density at radius 3 is 2.49 bits per heavy atom. The molecule has 1 unspecified atom stereocenters. The van der Waals surface area contributed by atoms with Gasteiger partial charge in [-0.05, 0) is 42.8 Å². The molecule has 3 amide bonds. The molecule has 1 fully saturated rings. The molecule has 0 aliphatic carbocycles. The molecule has 0 bridgehead atoms. The van der Waals surface area contributed by atoms with E-state index in [9.17, 15) is 22.8 Å². The molecule has 0 spiro atoms. The molecule has 1 aliphatic rings. The number of hydrogen-bond acceptors (Lipinski definition) is 8. The second-order valence-electron chi connectivity index (χ2n) is 8.69. The van der Waals surface area contributed by atoms with Gasteiger partial charge in [0.25, 0.3) is 5.91 Å². The van der Waals surface area contributed by atoms with E-state index in [-0.39, 0.29) is 39.0 Å². The van der Waals surface area contributed by atoms with E-state index in [1.807, 2.05) is 0 Å². The highest BCUT2D eigenvalue weighted by Gasteiger charge is 2.33. The van der Waals surface area contributed by atoms with Crippen LogP contribution in [0.4, 0.5) is 10.8 Å². The Balaban J connectivity index is 1.31. The predicted octanol–water partition coefficient (Wildman–Crippen LogP) is 3.35. The van der Waals surface area contributed by atoms with Crippen LogP contribution in [0.2, 0.25) is 0 Å². The molecule has 3 aromatic rings. The van der Waals surface area contributed by atoms with Crippen LogP contribution in [0.1, 0.15) is 41.6 Å². The third-order valence-electron chi connectivity index (χ3n) is 5.88. The summed E-state index contributed by atoms with van der Waals surface area (Å²) in [5.41, 5.74) is 0.846. The van der Waals surface area contributed by atoms with Gasteiger partial charge in [0.1, 0.15) is 10.8 Å². The molecule has 1 aliphatic heterocycles. The lowest BCUT2D eigenvalue weighted by Crippen LogP contribution is -2.29. The van der Waals surface area contributed by atoms with Crippen molar-refractivity contribution < 1.29 is 22.8 Å². The number of unbranched alkanes of at least 4 members (excludes halogenated alkanes) is 1. The molecule has 1 atom stereocenters. The molecule has 10 nitrogen and oxygen atoms in total. The first kappa shape index (κ1) is 26.4. The fourth-order valence-electron chi connectivity index (χ4n) is 3.87. The Morgan fingerprint density at radius 1 is 1.05 bits per heavy atom. The average molecular weight is 542 g/mol. The van der Waals surface area contributed by atoms with Crippen LogP contribution in [0, 0.1) is 5.92 Å². The summed E-state index contributed by atoms with van der Waals surface area (Å²) in [4.78, 5) is 39.3. The van der Waals surface area contributed by atoms with E-state index in [0.29, 0.717) is 24.3 Å². The zero-order valence-corrected chi connectivity index (χ0v) is 21.8. The molecule has 1 saturated heterocycles. The number of anilines is 2. The zero-order chi connectivity index (χ0) is 26.4. The normalized spacial score (nSPS) is 15.5. The van der Waals surface area contributed by atoms with Crippen LogP contribution >= 0.6 is 11.3 Å². The largest absolute Gasteiger partial charge is 0.342 e. The number of aromatic nitrogens is 2. The second kappa shape index (κ2) is 11.6. The molecule has 2 aromatic carbocycles. The molecule has 2 heterocycles. The summed E-state index contributed by atoms with van der Waals surface area (Å²) >= 11 is 0.986. The molecule has 0 saturated carbocycles. The quantitative estimate of drug-likeness (QED) is 0.401. The highest BCUT2D eigenvalue weighted by molar-refractivity contribution is 7.90. The number of likely N-dealkylation sites (tertiary alicyclic amines) is 1. The van der Waals surface area contributed by atoms with Crippen LogP contribution < -0.4 is 10.6 Å². The van der Waals surface area contributed by atoms with Crippen LogP contribution in [0.3, 0.4) is 0 Å². The Kier molecular flexibility index (Phi) is 8.29. The first-order chi connectivity index (χ1) is 17.7. The molecule has 4 rings (SSSR count). The second-order valence-corrected chi connectivity index (χ2v) is 11.7. The number of rotatable bonds is 10. The fraction of sp³-hybridized carbons (Fsp3) is 0.320. The van der Waals surface area contributed by atoms with Crippen molar-refractivity contribution in [1.29, 1.82) is 0 Å². The maximum absolute atomic E-state index is 12.6. The van der Waals surface area contributed by atoms with Crippen molar-refractivity contribution in [3.05, 3.63) is 65.2 Å².